The molecule has 4 rings (SSSR count). The smallest absolute Gasteiger partial charge is 0.318 e. The number of rotatable bonds is 2. The van der Waals surface area contributed by atoms with E-state index in [9.17, 15) is 0 Å². The maximum absolute atomic E-state index is 5.25. The summed E-state index contributed by atoms with van der Waals surface area (Å²) in [6.07, 6.45) is 1.06. The van der Waals surface area contributed by atoms with Gasteiger partial charge in [-0.05, 0) is 18.1 Å². The van der Waals surface area contributed by atoms with E-state index >= 15 is 0 Å². The van der Waals surface area contributed by atoms with Crippen molar-refractivity contribution < 1.29 is 4.74 Å². The van der Waals surface area contributed by atoms with Crippen molar-refractivity contribution in [3.05, 3.63) is 41.1 Å². The Bertz CT molecular complexity index is 671. The summed E-state index contributed by atoms with van der Waals surface area (Å²) in [6, 6.07) is 8.97. The zero-order chi connectivity index (χ0) is 13.5. The topological polar surface area (TPSA) is 50.3 Å². The van der Waals surface area contributed by atoms with E-state index in [0.717, 1.165) is 37.6 Å². The van der Waals surface area contributed by atoms with Crippen LogP contribution < -0.4 is 15.0 Å². The normalized spacial score (nSPS) is 16.1. The van der Waals surface area contributed by atoms with Gasteiger partial charge in [0, 0.05) is 30.9 Å². The Morgan fingerprint density at radius 2 is 2.10 bits per heavy atom. The highest BCUT2D eigenvalue weighted by Gasteiger charge is 2.27. The monoisotopic (exact) mass is 268 g/mol. The molecule has 2 aromatic rings. The minimum atomic E-state index is 0.451. The third-order valence-corrected chi connectivity index (χ3v) is 3.97. The summed E-state index contributed by atoms with van der Waals surface area (Å²) < 4.78 is 5.25. The number of hydrogen-bond acceptors (Lipinski definition) is 5. The molecule has 0 saturated carbocycles. The second-order valence-electron chi connectivity index (χ2n) is 5.09. The van der Waals surface area contributed by atoms with Gasteiger partial charge in [0.2, 0.25) is 0 Å². The molecule has 0 amide bonds. The summed E-state index contributed by atoms with van der Waals surface area (Å²) in [7, 11) is 1.62. The predicted molar refractivity (Wildman–Crippen MR) is 76.3 cm³/mol. The van der Waals surface area contributed by atoms with Crippen LogP contribution in [-0.4, -0.2) is 23.6 Å². The minimum absolute atomic E-state index is 0.451. The van der Waals surface area contributed by atoms with Crippen molar-refractivity contribution in [2.24, 2.45) is 0 Å². The number of methoxy groups -OCH3 is 1. The SMILES string of the molecule is COc1nc2c(c(N3CCc4ccccc43)n1)CNC2. The molecule has 0 saturated heterocycles. The molecule has 0 unspecified atom stereocenters. The van der Waals surface area contributed by atoms with Crippen molar-refractivity contribution in [3.8, 4) is 6.01 Å². The third kappa shape index (κ3) is 1.67. The van der Waals surface area contributed by atoms with Gasteiger partial charge >= 0.3 is 6.01 Å². The Labute approximate surface area is 117 Å². The van der Waals surface area contributed by atoms with Crippen LogP contribution in [-0.2, 0) is 19.5 Å². The van der Waals surface area contributed by atoms with Crippen molar-refractivity contribution in [1.82, 2.24) is 15.3 Å². The van der Waals surface area contributed by atoms with Crippen LogP contribution in [0.15, 0.2) is 24.3 Å². The molecule has 2 aliphatic heterocycles. The summed E-state index contributed by atoms with van der Waals surface area (Å²) >= 11 is 0. The maximum atomic E-state index is 5.25. The highest BCUT2D eigenvalue weighted by Crippen LogP contribution is 2.37. The molecule has 5 heteroatoms. The van der Waals surface area contributed by atoms with Crippen LogP contribution >= 0.6 is 0 Å². The van der Waals surface area contributed by atoms with Crippen molar-refractivity contribution in [2.75, 3.05) is 18.6 Å². The van der Waals surface area contributed by atoms with E-state index in [1.807, 2.05) is 0 Å². The zero-order valence-corrected chi connectivity index (χ0v) is 11.4. The zero-order valence-electron chi connectivity index (χ0n) is 11.4. The lowest BCUT2D eigenvalue weighted by atomic mass is 10.2. The van der Waals surface area contributed by atoms with Crippen molar-refractivity contribution >= 4 is 11.5 Å². The summed E-state index contributed by atoms with van der Waals surface area (Å²) in [6.45, 7) is 2.58. The van der Waals surface area contributed by atoms with Gasteiger partial charge in [0.25, 0.3) is 0 Å². The highest BCUT2D eigenvalue weighted by atomic mass is 16.5. The Hall–Kier alpha value is -2.14. The summed E-state index contributed by atoms with van der Waals surface area (Å²) in [5.41, 5.74) is 4.88. The first-order valence-electron chi connectivity index (χ1n) is 6.87. The molecular weight excluding hydrogens is 252 g/mol. The molecular formula is C15H16N4O. The number of fused-ring (bicyclic) bond motifs is 2. The average Bonchev–Trinajstić information content (AvgIpc) is 3.12. The Balaban J connectivity index is 1.86. The number of para-hydroxylation sites is 1. The van der Waals surface area contributed by atoms with Crippen LogP contribution in [0, 0.1) is 0 Å². The van der Waals surface area contributed by atoms with Gasteiger partial charge < -0.3 is 15.0 Å². The number of ether oxygens (including phenoxy) is 1. The first-order valence-corrected chi connectivity index (χ1v) is 6.87. The lowest BCUT2D eigenvalue weighted by Crippen LogP contribution is -2.18. The van der Waals surface area contributed by atoms with Gasteiger partial charge in [-0.1, -0.05) is 18.2 Å². The maximum Gasteiger partial charge on any atom is 0.318 e. The number of benzene rings is 1. The van der Waals surface area contributed by atoms with Crippen LogP contribution in [0.3, 0.4) is 0 Å². The lowest BCUT2D eigenvalue weighted by Gasteiger charge is -2.21. The molecule has 0 bridgehead atoms. The molecule has 1 aromatic carbocycles. The fraction of sp³-hybridized carbons (Fsp3) is 0.333. The fourth-order valence-electron chi connectivity index (χ4n) is 3.00. The van der Waals surface area contributed by atoms with Gasteiger partial charge in [0.1, 0.15) is 5.82 Å². The molecule has 0 radical (unpaired) electrons. The molecule has 5 nitrogen and oxygen atoms in total. The van der Waals surface area contributed by atoms with E-state index in [1.54, 1.807) is 7.11 Å². The molecule has 0 atom stereocenters. The van der Waals surface area contributed by atoms with Crippen LogP contribution in [0.5, 0.6) is 6.01 Å². The lowest BCUT2D eigenvalue weighted by molar-refractivity contribution is 0.378. The number of anilines is 2. The average molecular weight is 268 g/mol. The van der Waals surface area contributed by atoms with Gasteiger partial charge in [0.05, 0.1) is 12.8 Å². The van der Waals surface area contributed by atoms with Crippen molar-refractivity contribution in [2.45, 2.75) is 19.5 Å². The van der Waals surface area contributed by atoms with E-state index in [1.165, 1.54) is 16.8 Å². The number of aromatic nitrogens is 2. The van der Waals surface area contributed by atoms with Gasteiger partial charge in [0.15, 0.2) is 0 Å². The number of nitrogens with zero attached hydrogens (tertiary/aromatic N) is 3. The molecule has 3 heterocycles. The van der Waals surface area contributed by atoms with Crippen LogP contribution in [0.1, 0.15) is 16.8 Å². The van der Waals surface area contributed by atoms with Gasteiger partial charge in [-0.3, -0.25) is 0 Å². The number of nitrogens with one attached hydrogen (secondary N) is 1. The summed E-state index contributed by atoms with van der Waals surface area (Å²) in [5.74, 6) is 0.988. The fourth-order valence-corrected chi connectivity index (χ4v) is 3.00. The van der Waals surface area contributed by atoms with Crippen LogP contribution in [0.2, 0.25) is 0 Å². The van der Waals surface area contributed by atoms with Crippen molar-refractivity contribution in [3.63, 3.8) is 0 Å². The van der Waals surface area contributed by atoms with Gasteiger partial charge in [-0.2, -0.15) is 9.97 Å². The Morgan fingerprint density at radius 1 is 1.20 bits per heavy atom. The Morgan fingerprint density at radius 3 is 3.00 bits per heavy atom. The second-order valence-corrected chi connectivity index (χ2v) is 5.09. The Kier molecular flexibility index (Phi) is 2.60. The molecule has 102 valence electrons. The standard InChI is InChI=1S/C15H16N4O/c1-20-15-17-12-9-16-8-11(12)14(18-15)19-7-6-10-4-2-3-5-13(10)19/h2-5,16H,6-9H2,1H3. The molecule has 1 N–H and O–H groups in total. The largest absolute Gasteiger partial charge is 0.467 e. The van der Waals surface area contributed by atoms with E-state index < -0.39 is 0 Å². The summed E-state index contributed by atoms with van der Waals surface area (Å²) in [4.78, 5) is 11.3. The van der Waals surface area contributed by atoms with E-state index in [-0.39, 0.29) is 0 Å². The molecule has 0 spiro atoms. The van der Waals surface area contributed by atoms with Crippen LogP contribution in [0.25, 0.3) is 0 Å². The first kappa shape index (κ1) is 11.7. The van der Waals surface area contributed by atoms with Crippen LogP contribution in [0.4, 0.5) is 11.5 Å². The predicted octanol–water partition coefficient (Wildman–Crippen LogP) is 1.78. The number of hydrogen-bond donors (Lipinski definition) is 1. The molecule has 0 fully saturated rings. The quantitative estimate of drug-likeness (QED) is 0.899. The van der Waals surface area contributed by atoms with Gasteiger partial charge in [-0.15, -0.1) is 0 Å². The molecule has 2 aliphatic rings. The van der Waals surface area contributed by atoms with Crippen molar-refractivity contribution in [1.29, 1.82) is 0 Å². The first-order chi connectivity index (χ1) is 9.86. The second kappa shape index (κ2) is 4.45. The highest BCUT2D eigenvalue weighted by molar-refractivity contribution is 5.70. The molecule has 20 heavy (non-hydrogen) atoms. The van der Waals surface area contributed by atoms with E-state index in [0.29, 0.717) is 6.01 Å². The minimum Gasteiger partial charge on any atom is -0.467 e. The van der Waals surface area contributed by atoms with E-state index in [2.05, 4.69) is 44.5 Å². The van der Waals surface area contributed by atoms with Gasteiger partial charge in [-0.25, -0.2) is 0 Å². The molecule has 1 aromatic heterocycles. The summed E-state index contributed by atoms with van der Waals surface area (Å²) in [5, 5.41) is 3.34. The molecule has 0 aliphatic carbocycles. The third-order valence-electron chi connectivity index (χ3n) is 3.97. The van der Waals surface area contributed by atoms with E-state index in [4.69, 9.17) is 4.74 Å².